The molecule has 0 atom stereocenters. The number of benzene rings is 1. The van der Waals surface area contributed by atoms with E-state index in [2.05, 4.69) is 5.32 Å². The molecule has 0 aliphatic heterocycles. The summed E-state index contributed by atoms with van der Waals surface area (Å²) in [4.78, 5) is 13.7. The van der Waals surface area contributed by atoms with E-state index in [0.29, 0.717) is 30.4 Å². The summed E-state index contributed by atoms with van der Waals surface area (Å²) in [6, 6.07) is 6.97. The van der Waals surface area contributed by atoms with Crippen LogP contribution in [0.2, 0.25) is 5.02 Å². The number of ether oxygens (including phenoxy) is 1. The van der Waals surface area contributed by atoms with Gasteiger partial charge in [0.15, 0.2) is 0 Å². The van der Waals surface area contributed by atoms with Gasteiger partial charge in [-0.1, -0.05) is 17.7 Å². The average molecular weight is 287 g/mol. The summed E-state index contributed by atoms with van der Waals surface area (Å²) >= 11 is 5.84. The highest BCUT2D eigenvalue weighted by Crippen LogP contribution is 2.14. The molecule has 0 aliphatic rings. The number of carbonyl (C=O) groups excluding carboxylic acids is 1. The van der Waals surface area contributed by atoms with Crippen LogP contribution in [0.3, 0.4) is 0 Å². The van der Waals surface area contributed by atoms with Gasteiger partial charge in [-0.15, -0.1) is 0 Å². The van der Waals surface area contributed by atoms with Gasteiger partial charge < -0.3 is 15.2 Å². The quantitative estimate of drug-likeness (QED) is 0.754. The SMILES string of the molecule is COCCN(CCO)CC(=O)Nc1cccc(Cl)c1. The first kappa shape index (κ1) is 15.9. The fraction of sp³-hybridized carbons (Fsp3) is 0.462. The summed E-state index contributed by atoms with van der Waals surface area (Å²) < 4.78 is 4.96. The van der Waals surface area contributed by atoms with Crippen molar-refractivity contribution in [3.8, 4) is 0 Å². The molecule has 5 nitrogen and oxygen atoms in total. The fourth-order valence-electron chi connectivity index (χ4n) is 1.60. The molecule has 6 heteroatoms. The molecule has 0 radical (unpaired) electrons. The van der Waals surface area contributed by atoms with Gasteiger partial charge in [0.1, 0.15) is 0 Å². The predicted octanol–water partition coefficient (Wildman–Crippen LogP) is 1.22. The molecule has 0 heterocycles. The Labute approximate surface area is 118 Å². The van der Waals surface area contributed by atoms with Crippen molar-refractivity contribution in [3.05, 3.63) is 29.3 Å². The molecule has 0 bridgehead atoms. The number of nitrogens with one attached hydrogen (secondary N) is 1. The van der Waals surface area contributed by atoms with E-state index in [9.17, 15) is 4.79 Å². The van der Waals surface area contributed by atoms with E-state index < -0.39 is 0 Å². The first-order valence-electron chi connectivity index (χ1n) is 6.03. The number of rotatable bonds is 8. The van der Waals surface area contributed by atoms with Gasteiger partial charge in [0.05, 0.1) is 19.8 Å². The maximum atomic E-state index is 11.9. The summed E-state index contributed by atoms with van der Waals surface area (Å²) in [7, 11) is 1.60. The Bertz CT molecular complexity index is 401. The lowest BCUT2D eigenvalue weighted by molar-refractivity contribution is -0.117. The molecule has 0 saturated heterocycles. The Hall–Kier alpha value is -1.14. The van der Waals surface area contributed by atoms with Gasteiger partial charge in [0, 0.05) is 30.9 Å². The third-order valence-electron chi connectivity index (χ3n) is 2.50. The van der Waals surface area contributed by atoms with Crippen molar-refractivity contribution in [1.29, 1.82) is 0 Å². The van der Waals surface area contributed by atoms with Crippen LogP contribution in [0.5, 0.6) is 0 Å². The van der Waals surface area contributed by atoms with Crippen LogP contribution < -0.4 is 5.32 Å². The second-order valence-electron chi connectivity index (χ2n) is 4.05. The normalized spacial score (nSPS) is 10.7. The minimum atomic E-state index is -0.146. The summed E-state index contributed by atoms with van der Waals surface area (Å²) in [5, 5.41) is 12.3. The summed E-state index contributed by atoms with van der Waals surface area (Å²) in [6.45, 7) is 1.77. The van der Waals surface area contributed by atoms with Crippen molar-refractivity contribution in [2.75, 3.05) is 45.3 Å². The standard InChI is InChI=1S/C13H19ClN2O3/c1-19-8-6-16(5-7-17)10-13(18)15-12-4-2-3-11(14)9-12/h2-4,9,17H,5-8,10H2,1H3,(H,15,18). The number of amides is 1. The number of hydrogen-bond donors (Lipinski definition) is 2. The highest BCUT2D eigenvalue weighted by atomic mass is 35.5. The second-order valence-corrected chi connectivity index (χ2v) is 4.49. The van der Waals surface area contributed by atoms with Crippen molar-refractivity contribution < 1.29 is 14.6 Å². The molecular weight excluding hydrogens is 268 g/mol. The first-order chi connectivity index (χ1) is 9.15. The van der Waals surface area contributed by atoms with Crippen LogP contribution in [0.25, 0.3) is 0 Å². The Morgan fingerprint density at radius 2 is 2.26 bits per heavy atom. The van der Waals surface area contributed by atoms with Gasteiger partial charge in [-0.3, -0.25) is 9.69 Å². The Morgan fingerprint density at radius 3 is 2.89 bits per heavy atom. The van der Waals surface area contributed by atoms with E-state index in [0.717, 1.165) is 0 Å². The molecule has 19 heavy (non-hydrogen) atoms. The van der Waals surface area contributed by atoms with Gasteiger partial charge in [0.2, 0.25) is 5.91 Å². The first-order valence-corrected chi connectivity index (χ1v) is 6.41. The van der Waals surface area contributed by atoms with Gasteiger partial charge in [-0.05, 0) is 18.2 Å². The molecule has 1 rings (SSSR count). The number of carbonyl (C=O) groups is 1. The molecule has 1 aromatic carbocycles. The minimum absolute atomic E-state index is 0.00809. The van der Waals surface area contributed by atoms with E-state index in [-0.39, 0.29) is 19.1 Å². The number of halogens is 1. The largest absolute Gasteiger partial charge is 0.395 e. The fourth-order valence-corrected chi connectivity index (χ4v) is 1.79. The van der Waals surface area contributed by atoms with E-state index in [1.165, 1.54) is 0 Å². The smallest absolute Gasteiger partial charge is 0.238 e. The number of nitrogens with zero attached hydrogens (tertiary/aromatic N) is 1. The van der Waals surface area contributed by atoms with Crippen LogP contribution in [0, 0.1) is 0 Å². The van der Waals surface area contributed by atoms with Crippen molar-refractivity contribution >= 4 is 23.2 Å². The Balaban J connectivity index is 2.47. The van der Waals surface area contributed by atoms with E-state index in [4.69, 9.17) is 21.4 Å². The van der Waals surface area contributed by atoms with Crippen LogP contribution in [0.15, 0.2) is 24.3 Å². The number of hydrogen-bond acceptors (Lipinski definition) is 4. The van der Waals surface area contributed by atoms with Crippen LogP contribution in [-0.2, 0) is 9.53 Å². The molecular formula is C13H19ClN2O3. The van der Waals surface area contributed by atoms with Crippen molar-refractivity contribution in [2.24, 2.45) is 0 Å². The minimum Gasteiger partial charge on any atom is -0.395 e. The van der Waals surface area contributed by atoms with Crippen molar-refractivity contribution in [3.63, 3.8) is 0 Å². The molecule has 0 aliphatic carbocycles. The zero-order chi connectivity index (χ0) is 14.1. The van der Waals surface area contributed by atoms with Crippen LogP contribution in [-0.4, -0.2) is 55.9 Å². The molecule has 0 unspecified atom stereocenters. The number of methoxy groups -OCH3 is 1. The lowest BCUT2D eigenvalue weighted by Gasteiger charge is -2.20. The molecule has 0 fully saturated rings. The lowest BCUT2D eigenvalue weighted by Crippen LogP contribution is -2.37. The number of aliphatic hydroxyl groups excluding tert-OH is 1. The molecule has 0 saturated carbocycles. The number of anilines is 1. The summed E-state index contributed by atoms with van der Waals surface area (Å²) in [6.07, 6.45) is 0. The molecule has 0 spiro atoms. The second kappa shape index (κ2) is 8.87. The molecule has 1 amide bonds. The van der Waals surface area contributed by atoms with Gasteiger partial charge in [-0.25, -0.2) is 0 Å². The topological polar surface area (TPSA) is 61.8 Å². The molecule has 1 aromatic rings. The Morgan fingerprint density at radius 1 is 1.47 bits per heavy atom. The zero-order valence-electron chi connectivity index (χ0n) is 10.9. The third-order valence-corrected chi connectivity index (χ3v) is 2.74. The van der Waals surface area contributed by atoms with E-state index in [1.807, 2.05) is 4.90 Å². The number of aliphatic hydroxyl groups is 1. The van der Waals surface area contributed by atoms with Crippen molar-refractivity contribution in [2.45, 2.75) is 0 Å². The van der Waals surface area contributed by atoms with Gasteiger partial charge in [0.25, 0.3) is 0 Å². The lowest BCUT2D eigenvalue weighted by atomic mass is 10.3. The summed E-state index contributed by atoms with van der Waals surface area (Å²) in [5.74, 6) is -0.146. The van der Waals surface area contributed by atoms with Gasteiger partial charge >= 0.3 is 0 Å². The van der Waals surface area contributed by atoms with E-state index >= 15 is 0 Å². The highest BCUT2D eigenvalue weighted by Gasteiger charge is 2.10. The van der Waals surface area contributed by atoms with Crippen LogP contribution in [0.4, 0.5) is 5.69 Å². The van der Waals surface area contributed by atoms with E-state index in [1.54, 1.807) is 31.4 Å². The average Bonchev–Trinajstić information content (AvgIpc) is 2.36. The zero-order valence-corrected chi connectivity index (χ0v) is 11.7. The highest BCUT2D eigenvalue weighted by molar-refractivity contribution is 6.30. The predicted molar refractivity (Wildman–Crippen MR) is 75.5 cm³/mol. The third kappa shape index (κ3) is 6.54. The summed E-state index contributed by atoms with van der Waals surface area (Å²) in [5.41, 5.74) is 0.660. The molecule has 0 aromatic heterocycles. The maximum absolute atomic E-state index is 11.9. The molecule has 106 valence electrons. The molecule has 2 N–H and O–H groups in total. The monoisotopic (exact) mass is 286 g/mol. The Kier molecular flexibility index (Phi) is 7.43. The van der Waals surface area contributed by atoms with Crippen LogP contribution >= 0.6 is 11.6 Å². The van der Waals surface area contributed by atoms with Gasteiger partial charge in [-0.2, -0.15) is 0 Å². The van der Waals surface area contributed by atoms with Crippen molar-refractivity contribution in [1.82, 2.24) is 4.90 Å². The van der Waals surface area contributed by atoms with Crippen LogP contribution in [0.1, 0.15) is 0 Å². The maximum Gasteiger partial charge on any atom is 0.238 e.